The number of benzene rings is 2. The molecule has 2 aromatic carbocycles. The molecule has 0 atom stereocenters. The standard InChI is InChI=1S/C16H16N2O2/c1-2-19-14-4-3-5-15(16(14)18)20-13-8-6-12(7-9-13)10-11-17/h3-9H,2,10,18H2,1H3. The van der Waals surface area contributed by atoms with Crippen LogP contribution in [-0.2, 0) is 6.42 Å². The monoisotopic (exact) mass is 268 g/mol. The summed E-state index contributed by atoms with van der Waals surface area (Å²) in [5.74, 6) is 1.85. The van der Waals surface area contributed by atoms with Crippen molar-refractivity contribution in [1.82, 2.24) is 0 Å². The average Bonchev–Trinajstić information content (AvgIpc) is 2.46. The summed E-state index contributed by atoms with van der Waals surface area (Å²) in [6.45, 7) is 2.46. The van der Waals surface area contributed by atoms with E-state index in [0.29, 0.717) is 36.0 Å². The van der Waals surface area contributed by atoms with E-state index in [1.54, 1.807) is 6.07 Å². The Bertz CT molecular complexity index is 615. The number of ether oxygens (including phenoxy) is 2. The third kappa shape index (κ3) is 3.21. The van der Waals surface area contributed by atoms with Crippen molar-refractivity contribution >= 4 is 5.69 Å². The molecule has 0 aliphatic heterocycles. The van der Waals surface area contributed by atoms with Crippen molar-refractivity contribution in [2.45, 2.75) is 13.3 Å². The molecule has 0 aromatic heterocycles. The third-order valence-electron chi connectivity index (χ3n) is 2.76. The number of hydrogen-bond acceptors (Lipinski definition) is 4. The molecule has 0 radical (unpaired) electrons. The first kappa shape index (κ1) is 13.8. The van der Waals surface area contributed by atoms with Gasteiger partial charge in [0.25, 0.3) is 0 Å². The number of hydrogen-bond donors (Lipinski definition) is 1. The highest BCUT2D eigenvalue weighted by molar-refractivity contribution is 5.63. The van der Waals surface area contributed by atoms with E-state index < -0.39 is 0 Å². The van der Waals surface area contributed by atoms with E-state index in [2.05, 4.69) is 6.07 Å². The molecule has 0 saturated heterocycles. The summed E-state index contributed by atoms with van der Waals surface area (Å²) in [5.41, 5.74) is 7.44. The summed E-state index contributed by atoms with van der Waals surface area (Å²) < 4.78 is 11.2. The van der Waals surface area contributed by atoms with Gasteiger partial charge in [-0.1, -0.05) is 18.2 Å². The molecule has 0 fully saturated rings. The maximum atomic E-state index is 8.63. The normalized spacial score (nSPS) is 9.80. The number of rotatable bonds is 5. The van der Waals surface area contributed by atoms with Gasteiger partial charge in [-0.15, -0.1) is 0 Å². The molecule has 2 N–H and O–H groups in total. The summed E-state index contributed by atoms with van der Waals surface area (Å²) >= 11 is 0. The van der Waals surface area contributed by atoms with Gasteiger partial charge in [-0.05, 0) is 36.8 Å². The third-order valence-corrected chi connectivity index (χ3v) is 2.76. The minimum absolute atomic E-state index is 0.391. The van der Waals surface area contributed by atoms with Crippen molar-refractivity contribution in [3.63, 3.8) is 0 Å². The SMILES string of the molecule is CCOc1cccc(Oc2ccc(CC#N)cc2)c1N. The summed E-state index contributed by atoms with van der Waals surface area (Å²) in [7, 11) is 0. The number of nitrogens with two attached hydrogens (primary N) is 1. The Morgan fingerprint density at radius 1 is 1.10 bits per heavy atom. The van der Waals surface area contributed by atoms with E-state index in [9.17, 15) is 0 Å². The molecule has 2 rings (SSSR count). The lowest BCUT2D eigenvalue weighted by atomic mass is 10.2. The van der Waals surface area contributed by atoms with Gasteiger partial charge in [0.2, 0.25) is 0 Å². The van der Waals surface area contributed by atoms with Crippen molar-refractivity contribution in [2.75, 3.05) is 12.3 Å². The predicted octanol–water partition coefficient (Wildman–Crippen LogP) is 3.53. The van der Waals surface area contributed by atoms with Crippen LogP contribution in [0.15, 0.2) is 42.5 Å². The Morgan fingerprint density at radius 3 is 2.45 bits per heavy atom. The van der Waals surface area contributed by atoms with Crippen molar-refractivity contribution in [2.24, 2.45) is 0 Å². The summed E-state index contributed by atoms with van der Waals surface area (Å²) in [5, 5.41) is 8.63. The maximum absolute atomic E-state index is 8.63. The van der Waals surface area contributed by atoms with E-state index in [1.807, 2.05) is 43.3 Å². The highest BCUT2D eigenvalue weighted by Gasteiger charge is 2.07. The summed E-state index contributed by atoms with van der Waals surface area (Å²) in [6.07, 6.45) is 0.391. The van der Waals surface area contributed by atoms with Crippen molar-refractivity contribution < 1.29 is 9.47 Å². The van der Waals surface area contributed by atoms with Gasteiger partial charge in [0.05, 0.1) is 19.1 Å². The molecule has 0 aliphatic carbocycles. The quantitative estimate of drug-likeness (QED) is 0.842. The molecule has 2 aromatic rings. The molecule has 4 heteroatoms. The highest BCUT2D eigenvalue weighted by Crippen LogP contribution is 2.34. The molecular formula is C16H16N2O2. The fourth-order valence-electron chi connectivity index (χ4n) is 1.79. The lowest BCUT2D eigenvalue weighted by Gasteiger charge is -2.12. The van der Waals surface area contributed by atoms with Crippen LogP contribution >= 0.6 is 0 Å². The van der Waals surface area contributed by atoms with Gasteiger partial charge in [0.1, 0.15) is 17.2 Å². The number of anilines is 1. The van der Waals surface area contributed by atoms with Crippen LogP contribution in [0.25, 0.3) is 0 Å². The molecule has 0 amide bonds. The van der Waals surface area contributed by atoms with E-state index >= 15 is 0 Å². The molecule has 0 spiro atoms. The van der Waals surface area contributed by atoms with Gasteiger partial charge in [0, 0.05) is 0 Å². The Hall–Kier alpha value is -2.67. The van der Waals surface area contributed by atoms with Crippen molar-refractivity contribution in [1.29, 1.82) is 5.26 Å². The van der Waals surface area contributed by atoms with Crippen LogP contribution in [0.5, 0.6) is 17.2 Å². The second kappa shape index (κ2) is 6.48. The molecule has 0 bridgehead atoms. The molecular weight excluding hydrogens is 252 g/mol. The van der Waals surface area contributed by atoms with Gasteiger partial charge in [-0.3, -0.25) is 0 Å². The number of nitrogen functional groups attached to an aromatic ring is 1. The van der Waals surface area contributed by atoms with Gasteiger partial charge in [0.15, 0.2) is 5.75 Å². The zero-order valence-electron chi connectivity index (χ0n) is 11.3. The van der Waals surface area contributed by atoms with Gasteiger partial charge in [-0.25, -0.2) is 0 Å². The number of nitrogens with zero attached hydrogens (tertiary/aromatic N) is 1. The Morgan fingerprint density at radius 2 is 1.80 bits per heavy atom. The van der Waals surface area contributed by atoms with Gasteiger partial charge < -0.3 is 15.2 Å². The van der Waals surface area contributed by atoms with Crippen LogP contribution in [-0.4, -0.2) is 6.61 Å². The number of nitriles is 1. The van der Waals surface area contributed by atoms with Crippen LogP contribution in [0.1, 0.15) is 12.5 Å². The minimum Gasteiger partial charge on any atom is -0.492 e. The first-order chi connectivity index (χ1) is 9.74. The second-order valence-electron chi connectivity index (χ2n) is 4.18. The van der Waals surface area contributed by atoms with Crippen LogP contribution in [0.4, 0.5) is 5.69 Å². The van der Waals surface area contributed by atoms with E-state index in [4.69, 9.17) is 20.5 Å². The predicted molar refractivity (Wildman–Crippen MR) is 77.9 cm³/mol. The van der Waals surface area contributed by atoms with E-state index in [-0.39, 0.29) is 0 Å². The lowest BCUT2D eigenvalue weighted by Crippen LogP contribution is -1.99. The molecule has 102 valence electrons. The van der Waals surface area contributed by atoms with Crippen molar-refractivity contribution in [3.05, 3.63) is 48.0 Å². The molecule has 4 nitrogen and oxygen atoms in total. The first-order valence-electron chi connectivity index (χ1n) is 6.39. The lowest BCUT2D eigenvalue weighted by molar-refractivity contribution is 0.340. The smallest absolute Gasteiger partial charge is 0.154 e. The molecule has 0 aliphatic rings. The maximum Gasteiger partial charge on any atom is 0.154 e. The Kier molecular flexibility index (Phi) is 4.46. The highest BCUT2D eigenvalue weighted by atomic mass is 16.5. The topological polar surface area (TPSA) is 68.3 Å². The zero-order chi connectivity index (χ0) is 14.4. The van der Waals surface area contributed by atoms with Crippen molar-refractivity contribution in [3.8, 4) is 23.3 Å². The van der Waals surface area contributed by atoms with Gasteiger partial charge >= 0.3 is 0 Å². The molecule has 20 heavy (non-hydrogen) atoms. The fraction of sp³-hybridized carbons (Fsp3) is 0.188. The number of para-hydroxylation sites is 1. The molecule has 0 unspecified atom stereocenters. The molecule has 0 saturated carbocycles. The van der Waals surface area contributed by atoms with Gasteiger partial charge in [-0.2, -0.15) is 5.26 Å². The van der Waals surface area contributed by atoms with Crippen LogP contribution in [0, 0.1) is 11.3 Å². The van der Waals surface area contributed by atoms with E-state index in [1.165, 1.54) is 0 Å². The largest absolute Gasteiger partial charge is 0.492 e. The second-order valence-corrected chi connectivity index (χ2v) is 4.18. The van der Waals surface area contributed by atoms with Crippen LogP contribution in [0.2, 0.25) is 0 Å². The molecule has 0 heterocycles. The Balaban J connectivity index is 2.17. The Labute approximate surface area is 118 Å². The van der Waals surface area contributed by atoms with Crippen LogP contribution in [0.3, 0.4) is 0 Å². The summed E-state index contributed by atoms with van der Waals surface area (Å²) in [4.78, 5) is 0. The zero-order valence-corrected chi connectivity index (χ0v) is 11.3. The van der Waals surface area contributed by atoms with Crippen LogP contribution < -0.4 is 15.2 Å². The summed E-state index contributed by atoms with van der Waals surface area (Å²) in [6, 6.07) is 14.9. The minimum atomic E-state index is 0.391. The first-order valence-corrected chi connectivity index (χ1v) is 6.39. The van der Waals surface area contributed by atoms with E-state index in [0.717, 1.165) is 5.56 Å². The fourth-order valence-corrected chi connectivity index (χ4v) is 1.79. The average molecular weight is 268 g/mol.